The first-order valence-corrected chi connectivity index (χ1v) is 6.23. The molecule has 0 saturated carbocycles. The van der Waals surface area contributed by atoms with Gasteiger partial charge in [0, 0.05) is 11.6 Å². The van der Waals surface area contributed by atoms with Crippen LogP contribution in [0.4, 0.5) is 5.82 Å². The summed E-state index contributed by atoms with van der Waals surface area (Å²) in [6.07, 6.45) is 1.91. The molecule has 2 N–H and O–H groups in total. The van der Waals surface area contributed by atoms with E-state index in [1.807, 2.05) is 11.4 Å². The lowest BCUT2D eigenvalue weighted by molar-refractivity contribution is -0.115. The van der Waals surface area contributed by atoms with Crippen molar-refractivity contribution in [2.45, 2.75) is 6.42 Å². The second-order valence-corrected chi connectivity index (χ2v) is 4.40. The summed E-state index contributed by atoms with van der Waals surface area (Å²) in [7, 11) is 0. The third kappa shape index (κ3) is 2.07. The van der Waals surface area contributed by atoms with Gasteiger partial charge >= 0.3 is 0 Å². The number of hydrogen-bond acceptors (Lipinski definition) is 5. The summed E-state index contributed by atoms with van der Waals surface area (Å²) in [4.78, 5) is 20.0. The molecule has 0 unspecified atom stereocenters. The lowest BCUT2D eigenvalue weighted by atomic mass is 10.3. The van der Waals surface area contributed by atoms with Crippen LogP contribution in [0.5, 0.6) is 0 Å². The van der Waals surface area contributed by atoms with Crippen LogP contribution in [0.2, 0.25) is 0 Å². The highest BCUT2D eigenvalue weighted by molar-refractivity contribution is 7.07. The van der Waals surface area contributed by atoms with E-state index in [2.05, 4.69) is 25.5 Å². The number of rotatable bonds is 3. The average molecular weight is 259 g/mol. The zero-order chi connectivity index (χ0) is 12.4. The Labute approximate surface area is 106 Å². The van der Waals surface area contributed by atoms with E-state index in [1.165, 1.54) is 11.3 Å². The van der Waals surface area contributed by atoms with Crippen LogP contribution in [0, 0.1) is 0 Å². The molecule has 90 valence electrons. The van der Waals surface area contributed by atoms with Crippen molar-refractivity contribution in [3.63, 3.8) is 0 Å². The molecule has 0 aromatic carbocycles. The average Bonchev–Trinajstić information content (AvgIpc) is 3.00. The van der Waals surface area contributed by atoms with E-state index < -0.39 is 0 Å². The fraction of sp³-hybridized carbons (Fsp3) is 0.0909. The van der Waals surface area contributed by atoms with Crippen LogP contribution < -0.4 is 5.32 Å². The third-order valence-electron chi connectivity index (χ3n) is 2.42. The molecule has 18 heavy (non-hydrogen) atoms. The van der Waals surface area contributed by atoms with E-state index in [1.54, 1.807) is 17.8 Å². The van der Waals surface area contributed by atoms with Crippen LogP contribution in [0.15, 0.2) is 29.2 Å². The number of H-pyrrole nitrogens is 1. The van der Waals surface area contributed by atoms with Crippen LogP contribution in [0.3, 0.4) is 0 Å². The summed E-state index contributed by atoms with van der Waals surface area (Å²) in [5.74, 6) is 0.439. The molecule has 0 aliphatic carbocycles. The lowest BCUT2D eigenvalue weighted by Gasteiger charge is -2.00. The highest BCUT2D eigenvalue weighted by Gasteiger charge is 2.10. The summed E-state index contributed by atoms with van der Waals surface area (Å²) in [6, 6.07) is 3.65. The van der Waals surface area contributed by atoms with Crippen molar-refractivity contribution >= 4 is 34.1 Å². The molecular formula is C11H9N5OS. The van der Waals surface area contributed by atoms with E-state index in [4.69, 9.17) is 0 Å². The van der Waals surface area contributed by atoms with Crippen molar-refractivity contribution in [2.24, 2.45) is 0 Å². The Kier molecular flexibility index (Phi) is 2.73. The standard InChI is InChI=1S/C11H9N5OS/c17-9(4-7-5-18-6-13-7)14-11-8-2-1-3-12-10(8)15-16-11/h1-3,5-6H,4H2,(H2,12,14,15,16,17). The molecule has 6 nitrogen and oxygen atoms in total. The van der Waals surface area contributed by atoms with Crippen molar-refractivity contribution in [2.75, 3.05) is 5.32 Å². The number of nitrogens with zero attached hydrogens (tertiary/aromatic N) is 3. The summed E-state index contributed by atoms with van der Waals surface area (Å²) >= 11 is 1.47. The monoisotopic (exact) mass is 259 g/mol. The van der Waals surface area contributed by atoms with Crippen molar-refractivity contribution in [3.8, 4) is 0 Å². The van der Waals surface area contributed by atoms with Gasteiger partial charge in [-0.05, 0) is 12.1 Å². The Hall–Kier alpha value is -2.28. The summed E-state index contributed by atoms with van der Waals surface area (Å²) < 4.78 is 0. The van der Waals surface area contributed by atoms with Gasteiger partial charge in [-0.15, -0.1) is 11.3 Å². The molecule has 0 aliphatic heterocycles. The Bertz CT molecular complexity index is 676. The van der Waals surface area contributed by atoms with Crippen LogP contribution in [0.1, 0.15) is 5.69 Å². The molecule has 7 heteroatoms. The molecule has 3 rings (SSSR count). The lowest BCUT2D eigenvalue weighted by Crippen LogP contribution is -2.15. The summed E-state index contributed by atoms with van der Waals surface area (Å²) in [6.45, 7) is 0. The maximum Gasteiger partial charge on any atom is 0.231 e. The molecule has 0 spiro atoms. The molecule has 1 amide bonds. The number of aromatic amines is 1. The number of aromatic nitrogens is 4. The Morgan fingerprint density at radius 3 is 3.22 bits per heavy atom. The SMILES string of the molecule is O=C(Cc1cscn1)Nc1[nH]nc2ncccc12. The number of anilines is 1. The fourth-order valence-corrected chi connectivity index (χ4v) is 2.18. The number of pyridine rings is 1. The predicted molar refractivity (Wildman–Crippen MR) is 68.3 cm³/mol. The molecule has 0 fully saturated rings. The molecule has 0 radical (unpaired) electrons. The first-order chi connectivity index (χ1) is 8.83. The molecular weight excluding hydrogens is 250 g/mol. The number of amides is 1. The molecule has 0 atom stereocenters. The van der Waals surface area contributed by atoms with E-state index >= 15 is 0 Å². The highest BCUT2D eigenvalue weighted by atomic mass is 32.1. The van der Waals surface area contributed by atoms with Gasteiger partial charge in [0.25, 0.3) is 0 Å². The third-order valence-corrected chi connectivity index (χ3v) is 3.05. The number of fused-ring (bicyclic) bond motifs is 1. The van der Waals surface area contributed by atoms with Crippen molar-refractivity contribution in [1.29, 1.82) is 0 Å². The molecule has 3 aromatic rings. The number of hydrogen-bond donors (Lipinski definition) is 2. The highest BCUT2D eigenvalue weighted by Crippen LogP contribution is 2.17. The number of nitrogens with one attached hydrogen (secondary N) is 2. The van der Waals surface area contributed by atoms with E-state index in [0.717, 1.165) is 11.1 Å². The second-order valence-electron chi connectivity index (χ2n) is 3.68. The fourth-order valence-electron chi connectivity index (χ4n) is 1.62. The summed E-state index contributed by atoms with van der Waals surface area (Å²) in [5, 5.41) is 12.2. The Morgan fingerprint density at radius 1 is 1.44 bits per heavy atom. The number of thiazole rings is 1. The van der Waals surface area contributed by atoms with E-state index in [-0.39, 0.29) is 12.3 Å². The van der Waals surface area contributed by atoms with Gasteiger partial charge in [-0.1, -0.05) is 0 Å². The van der Waals surface area contributed by atoms with Gasteiger partial charge in [0.05, 0.1) is 23.0 Å². The summed E-state index contributed by atoms with van der Waals surface area (Å²) in [5.41, 5.74) is 3.05. The first-order valence-electron chi connectivity index (χ1n) is 5.29. The maximum absolute atomic E-state index is 11.8. The largest absolute Gasteiger partial charge is 0.310 e. The van der Waals surface area contributed by atoms with Crippen LogP contribution in [0.25, 0.3) is 11.0 Å². The van der Waals surface area contributed by atoms with Gasteiger partial charge in [0.15, 0.2) is 5.65 Å². The minimum absolute atomic E-state index is 0.129. The minimum Gasteiger partial charge on any atom is -0.310 e. The van der Waals surface area contributed by atoms with Crippen LogP contribution in [-0.4, -0.2) is 26.1 Å². The Morgan fingerprint density at radius 2 is 2.39 bits per heavy atom. The number of carbonyl (C=O) groups excluding carboxylic acids is 1. The van der Waals surface area contributed by atoms with Gasteiger partial charge in [0.2, 0.25) is 5.91 Å². The molecule has 3 aromatic heterocycles. The topological polar surface area (TPSA) is 83.6 Å². The molecule has 0 saturated heterocycles. The van der Waals surface area contributed by atoms with Gasteiger partial charge in [-0.2, -0.15) is 5.10 Å². The second kappa shape index (κ2) is 4.53. The molecule has 0 aliphatic rings. The molecule has 0 bridgehead atoms. The quantitative estimate of drug-likeness (QED) is 0.748. The number of carbonyl (C=O) groups is 1. The van der Waals surface area contributed by atoms with Crippen LogP contribution >= 0.6 is 11.3 Å². The zero-order valence-corrected chi connectivity index (χ0v) is 10.1. The smallest absolute Gasteiger partial charge is 0.231 e. The Balaban J connectivity index is 1.78. The minimum atomic E-state index is -0.129. The zero-order valence-electron chi connectivity index (χ0n) is 9.25. The van der Waals surface area contributed by atoms with Gasteiger partial charge in [-0.25, -0.2) is 9.97 Å². The van der Waals surface area contributed by atoms with Crippen molar-refractivity contribution in [3.05, 3.63) is 34.9 Å². The maximum atomic E-state index is 11.8. The predicted octanol–water partition coefficient (Wildman–Crippen LogP) is 1.60. The van der Waals surface area contributed by atoms with E-state index in [9.17, 15) is 4.79 Å². The van der Waals surface area contributed by atoms with Gasteiger partial charge in [-0.3, -0.25) is 9.89 Å². The molecule has 3 heterocycles. The van der Waals surface area contributed by atoms with Crippen molar-refractivity contribution < 1.29 is 4.79 Å². The van der Waals surface area contributed by atoms with Gasteiger partial charge in [0.1, 0.15) is 5.82 Å². The van der Waals surface area contributed by atoms with E-state index in [0.29, 0.717) is 11.5 Å². The van der Waals surface area contributed by atoms with Crippen LogP contribution in [-0.2, 0) is 11.2 Å². The normalized spacial score (nSPS) is 10.7. The first kappa shape index (κ1) is 10.8. The van der Waals surface area contributed by atoms with Crippen molar-refractivity contribution in [1.82, 2.24) is 20.2 Å². The van der Waals surface area contributed by atoms with Gasteiger partial charge < -0.3 is 5.32 Å².